The van der Waals surface area contributed by atoms with E-state index in [1.807, 2.05) is 6.07 Å². The lowest BCUT2D eigenvalue weighted by molar-refractivity contribution is 0.0786. The molecule has 0 spiro atoms. The van der Waals surface area contributed by atoms with Crippen LogP contribution in [0.5, 0.6) is 0 Å². The van der Waals surface area contributed by atoms with E-state index in [1.54, 1.807) is 43.4 Å². The second-order valence-corrected chi connectivity index (χ2v) is 5.08. The summed E-state index contributed by atoms with van der Waals surface area (Å²) in [5.74, 6) is -0.250. The van der Waals surface area contributed by atoms with Gasteiger partial charge in [0.25, 0.3) is 5.91 Å². The SMILES string of the molecule is CN(Cc1cccc(C#N)c1)C(=O)c1c(N)cccc1Cl. The van der Waals surface area contributed by atoms with Crippen molar-refractivity contribution in [3.8, 4) is 6.07 Å². The van der Waals surface area contributed by atoms with Gasteiger partial charge in [-0.25, -0.2) is 0 Å². The van der Waals surface area contributed by atoms with Gasteiger partial charge in [0.2, 0.25) is 0 Å². The maximum absolute atomic E-state index is 12.4. The van der Waals surface area contributed by atoms with Crippen LogP contribution in [0.15, 0.2) is 42.5 Å². The van der Waals surface area contributed by atoms with E-state index in [1.165, 1.54) is 4.90 Å². The van der Waals surface area contributed by atoms with Crippen LogP contribution in [0.4, 0.5) is 5.69 Å². The number of halogens is 1. The first-order chi connectivity index (χ1) is 10.0. The lowest BCUT2D eigenvalue weighted by Crippen LogP contribution is -2.27. The molecule has 0 fully saturated rings. The molecule has 0 heterocycles. The van der Waals surface area contributed by atoms with E-state index in [9.17, 15) is 4.79 Å². The van der Waals surface area contributed by atoms with Crippen LogP contribution in [-0.4, -0.2) is 17.9 Å². The van der Waals surface area contributed by atoms with Crippen molar-refractivity contribution in [2.45, 2.75) is 6.54 Å². The molecule has 0 aromatic heterocycles. The van der Waals surface area contributed by atoms with Gasteiger partial charge in [-0.2, -0.15) is 5.26 Å². The lowest BCUT2D eigenvalue weighted by Gasteiger charge is -2.19. The van der Waals surface area contributed by atoms with Crippen molar-refractivity contribution < 1.29 is 4.79 Å². The summed E-state index contributed by atoms with van der Waals surface area (Å²) in [6.45, 7) is 0.374. The average molecular weight is 300 g/mol. The fourth-order valence-electron chi connectivity index (χ4n) is 2.04. The van der Waals surface area contributed by atoms with Crippen molar-refractivity contribution in [3.05, 3.63) is 64.2 Å². The molecule has 0 bridgehead atoms. The Balaban J connectivity index is 2.22. The Labute approximate surface area is 128 Å². The number of nitrogens with zero attached hydrogens (tertiary/aromatic N) is 2. The minimum absolute atomic E-state index is 0.250. The summed E-state index contributed by atoms with van der Waals surface area (Å²) in [4.78, 5) is 14.0. The molecule has 0 aliphatic heterocycles. The highest BCUT2D eigenvalue weighted by atomic mass is 35.5. The number of hydrogen-bond acceptors (Lipinski definition) is 3. The molecule has 2 rings (SSSR count). The number of nitriles is 1. The summed E-state index contributed by atoms with van der Waals surface area (Å²) in [5, 5.41) is 9.22. The summed E-state index contributed by atoms with van der Waals surface area (Å²) >= 11 is 6.05. The topological polar surface area (TPSA) is 70.1 Å². The number of carbonyl (C=O) groups is 1. The maximum atomic E-state index is 12.4. The van der Waals surface area contributed by atoms with Crippen LogP contribution in [-0.2, 0) is 6.54 Å². The van der Waals surface area contributed by atoms with E-state index >= 15 is 0 Å². The minimum atomic E-state index is -0.250. The predicted octanol–water partition coefficient (Wildman–Crippen LogP) is 3.07. The number of nitrogens with two attached hydrogens (primary N) is 1. The van der Waals surface area contributed by atoms with Gasteiger partial charge in [0.15, 0.2) is 0 Å². The van der Waals surface area contributed by atoms with E-state index in [-0.39, 0.29) is 5.91 Å². The molecule has 2 aromatic carbocycles. The first kappa shape index (κ1) is 14.9. The van der Waals surface area contributed by atoms with Crippen LogP contribution in [0, 0.1) is 11.3 Å². The van der Waals surface area contributed by atoms with Crippen molar-refractivity contribution in [2.75, 3.05) is 12.8 Å². The standard InChI is InChI=1S/C16H14ClN3O/c1-20(10-12-5-2-4-11(8-12)9-18)16(21)15-13(17)6-3-7-14(15)19/h2-8H,10,19H2,1H3. The Hall–Kier alpha value is -2.51. The quantitative estimate of drug-likeness (QED) is 0.885. The summed E-state index contributed by atoms with van der Waals surface area (Å²) in [5.41, 5.74) is 7.91. The summed E-state index contributed by atoms with van der Waals surface area (Å²) in [7, 11) is 1.67. The molecular formula is C16H14ClN3O. The van der Waals surface area contributed by atoms with Crippen molar-refractivity contribution >= 4 is 23.2 Å². The molecule has 106 valence electrons. The summed E-state index contributed by atoms with van der Waals surface area (Å²) in [6.07, 6.45) is 0. The third-order valence-electron chi connectivity index (χ3n) is 3.08. The Kier molecular flexibility index (Phi) is 4.46. The van der Waals surface area contributed by atoms with Crippen molar-refractivity contribution in [1.82, 2.24) is 4.90 Å². The lowest BCUT2D eigenvalue weighted by atomic mass is 10.1. The summed E-state index contributed by atoms with van der Waals surface area (Å²) in [6, 6.07) is 14.2. The van der Waals surface area contributed by atoms with Gasteiger partial charge in [-0.15, -0.1) is 0 Å². The first-order valence-electron chi connectivity index (χ1n) is 6.31. The van der Waals surface area contributed by atoms with Crippen LogP contribution in [0.25, 0.3) is 0 Å². The molecular weight excluding hydrogens is 286 g/mol. The van der Waals surface area contributed by atoms with Crippen LogP contribution in [0.2, 0.25) is 5.02 Å². The van der Waals surface area contributed by atoms with Crippen LogP contribution >= 0.6 is 11.6 Å². The third-order valence-corrected chi connectivity index (χ3v) is 3.40. The van der Waals surface area contributed by atoms with Crippen molar-refractivity contribution in [1.29, 1.82) is 5.26 Å². The molecule has 0 saturated carbocycles. The Bertz CT molecular complexity index is 701. The molecule has 2 aromatic rings. The molecule has 2 N–H and O–H groups in total. The van der Waals surface area contributed by atoms with Gasteiger partial charge in [0, 0.05) is 19.3 Å². The number of anilines is 1. The van der Waals surface area contributed by atoms with Gasteiger partial charge >= 0.3 is 0 Å². The highest BCUT2D eigenvalue weighted by Crippen LogP contribution is 2.23. The second-order valence-electron chi connectivity index (χ2n) is 4.68. The normalized spacial score (nSPS) is 9.95. The zero-order valence-corrected chi connectivity index (χ0v) is 12.3. The zero-order valence-electron chi connectivity index (χ0n) is 11.5. The van der Waals surface area contributed by atoms with E-state index < -0.39 is 0 Å². The Morgan fingerprint density at radius 1 is 1.33 bits per heavy atom. The monoisotopic (exact) mass is 299 g/mol. The van der Waals surface area contributed by atoms with Gasteiger partial charge in [0.1, 0.15) is 0 Å². The molecule has 4 nitrogen and oxygen atoms in total. The smallest absolute Gasteiger partial charge is 0.257 e. The fourth-order valence-corrected chi connectivity index (χ4v) is 2.30. The van der Waals surface area contributed by atoms with Gasteiger partial charge in [0.05, 0.1) is 22.2 Å². The maximum Gasteiger partial charge on any atom is 0.257 e. The number of amides is 1. The number of nitrogen functional groups attached to an aromatic ring is 1. The zero-order chi connectivity index (χ0) is 15.4. The van der Waals surface area contributed by atoms with Crippen molar-refractivity contribution in [2.24, 2.45) is 0 Å². The third kappa shape index (κ3) is 3.33. The molecule has 0 aliphatic carbocycles. The van der Waals surface area contributed by atoms with Gasteiger partial charge in [-0.05, 0) is 29.8 Å². The van der Waals surface area contributed by atoms with Crippen molar-refractivity contribution in [3.63, 3.8) is 0 Å². The number of hydrogen-bond donors (Lipinski definition) is 1. The van der Waals surface area contributed by atoms with E-state index in [2.05, 4.69) is 6.07 Å². The molecule has 1 amide bonds. The number of carbonyl (C=O) groups excluding carboxylic acids is 1. The predicted molar refractivity (Wildman–Crippen MR) is 82.8 cm³/mol. The molecule has 0 aliphatic rings. The minimum Gasteiger partial charge on any atom is -0.398 e. The number of rotatable bonds is 3. The fraction of sp³-hybridized carbons (Fsp3) is 0.125. The van der Waals surface area contributed by atoms with Gasteiger partial charge in [-0.1, -0.05) is 29.8 Å². The van der Waals surface area contributed by atoms with Crippen LogP contribution < -0.4 is 5.73 Å². The Morgan fingerprint density at radius 2 is 2.05 bits per heavy atom. The molecule has 5 heteroatoms. The molecule has 0 radical (unpaired) electrons. The van der Waals surface area contributed by atoms with Crippen LogP contribution in [0.1, 0.15) is 21.5 Å². The first-order valence-corrected chi connectivity index (χ1v) is 6.69. The molecule has 0 atom stereocenters. The summed E-state index contributed by atoms with van der Waals surface area (Å²) < 4.78 is 0. The highest BCUT2D eigenvalue weighted by Gasteiger charge is 2.18. The number of benzene rings is 2. The van der Waals surface area contributed by atoms with E-state index in [4.69, 9.17) is 22.6 Å². The van der Waals surface area contributed by atoms with Crippen LogP contribution in [0.3, 0.4) is 0 Å². The largest absolute Gasteiger partial charge is 0.398 e. The average Bonchev–Trinajstić information content (AvgIpc) is 2.47. The van der Waals surface area contributed by atoms with E-state index in [0.29, 0.717) is 28.4 Å². The highest BCUT2D eigenvalue weighted by molar-refractivity contribution is 6.34. The van der Waals surface area contributed by atoms with Gasteiger partial charge < -0.3 is 10.6 Å². The van der Waals surface area contributed by atoms with E-state index in [0.717, 1.165) is 5.56 Å². The molecule has 0 unspecified atom stereocenters. The second kappa shape index (κ2) is 6.29. The molecule has 0 saturated heterocycles. The molecule has 21 heavy (non-hydrogen) atoms. The Morgan fingerprint density at radius 3 is 2.71 bits per heavy atom. The van der Waals surface area contributed by atoms with Gasteiger partial charge in [-0.3, -0.25) is 4.79 Å².